The van der Waals surface area contributed by atoms with Crippen molar-refractivity contribution in [2.45, 2.75) is 19.8 Å². The number of benzene rings is 1. The van der Waals surface area contributed by atoms with Crippen LogP contribution in [0.25, 0.3) is 5.57 Å². The summed E-state index contributed by atoms with van der Waals surface area (Å²) in [6, 6.07) is 5.75. The normalized spacial score (nSPS) is 16.4. The van der Waals surface area contributed by atoms with E-state index in [4.69, 9.17) is 0 Å². The lowest BCUT2D eigenvalue weighted by Gasteiger charge is -2.15. The molecule has 0 bridgehead atoms. The molecule has 6 heteroatoms. The first-order valence-corrected chi connectivity index (χ1v) is 6.13. The zero-order chi connectivity index (χ0) is 14.9. The van der Waals surface area contributed by atoms with Crippen LogP contribution in [0.1, 0.15) is 25.3 Å². The first-order valence-electron chi connectivity index (χ1n) is 6.13. The number of ketones is 1. The average Bonchev–Trinajstić information content (AvgIpc) is 2.79. The van der Waals surface area contributed by atoms with Gasteiger partial charge in [-0.1, -0.05) is 6.92 Å². The van der Waals surface area contributed by atoms with Crippen LogP contribution in [0.5, 0.6) is 0 Å². The average molecular weight is 274 g/mol. The number of non-ortho nitro benzene ring substituents is 1. The number of nitro benzene ring substituents is 1. The predicted molar refractivity (Wildman–Crippen MR) is 68.4 cm³/mol. The minimum absolute atomic E-state index is 0.0480. The maximum atomic E-state index is 11.8. The van der Waals surface area contributed by atoms with Crippen LogP contribution in [0.2, 0.25) is 0 Å². The van der Waals surface area contributed by atoms with Crippen molar-refractivity contribution in [2.24, 2.45) is 5.92 Å². The van der Waals surface area contributed by atoms with E-state index in [0.717, 1.165) is 0 Å². The van der Waals surface area contributed by atoms with Gasteiger partial charge in [0, 0.05) is 36.0 Å². The van der Waals surface area contributed by atoms with Crippen LogP contribution in [-0.2, 0) is 9.59 Å². The van der Waals surface area contributed by atoms with E-state index < -0.39 is 16.8 Å². The van der Waals surface area contributed by atoms with Gasteiger partial charge in [-0.2, -0.15) is 0 Å². The maximum Gasteiger partial charge on any atom is 0.269 e. The van der Waals surface area contributed by atoms with E-state index in [0.29, 0.717) is 17.6 Å². The summed E-state index contributed by atoms with van der Waals surface area (Å²) in [5.41, 5.74) is 1.48. The molecule has 0 aromatic heterocycles. The SMILES string of the molecule is CC(C(=O)[O-])C1=C(c2ccc([N+](=O)[O-])cc2)CCC1=O. The van der Waals surface area contributed by atoms with Gasteiger partial charge in [-0.15, -0.1) is 0 Å². The molecule has 1 atom stereocenters. The molecule has 6 nitrogen and oxygen atoms in total. The number of carbonyl (C=O) groups excluding carboxylic acids is 2. The summed E-state index contributed by atoms with van der Waals surface area (Å²) in [7, 11) is 0. The molecular weight excluding hydrogens is 262 g/mol. The number of carboxylic acid groups (broad SMARTS) is 1. The molecule has 1 aromatic rings. The highest BCUT2D eigenvalue weighted by Crippen LogP contribution is 2.36. The van der Waals surface area contributed by atoms with E-state index >= 15 is 0 Å². The number of nitrogens with zero attached hydrogens (tertiary/aromatic N) is 1. The monoisotopic (exact) mass is 274 g/mol. The molecule has 0 spiro atoms. The van der Waals surface area contributed by atoms with Crippen LogP contribution >= 0.6 is 0 Å². The van der Waals surface area contributed by atoms with Crippen LogP contribution < -0.4 is 5.11 Å². The van der Waals surface area contributed by atoms with Crippen molar-refractivity contribution in [1.82, 2.24) is 0 Å². The zero-order valence-corrected chi connectivity index (χ0v) is 10.8. The van der Waals surface area contributed by atoms with Gasteiger partial charge >= 0.3 is 0 Å². The standard InChI is InChI=1S/C14H13NO5/c1-8(14(17)18)13-11(6-7-12(13)16)9-2-4-10(5-3-9)15(19)20/h2-5,8H,6-7H2,1H3,(H,17,18)/p-1. The van der Waals surface area contributed by atoms with Crippen molar-refractivity contribution in [1.29, 1.82) is 0 Å². The lowest BCUT2D eigenvalue weighted by atomic mass is 9.93. The van der Waals surface area contributed by atoms with Crippen molar-refractivity contribution in [2.75, 3.05) is 0 Å². The number of Topliss-reactive ketones (excluding diaryl/α,β-unsaturated/α-hetero) is 1. The topological polar surface area (TPSA) is 100 Å². The molecule has 2 rings (SSSR count). The minimum Gasteiger partial charge on any atom is -0.550 e. The Morgan fingerprint density at radius 3 is 2.35 bits per heavy atom. The maximum absolute atomic E-state index is 11.8. The summed E-state index contributed by atoms with van der Waals surface area (Å²) < 4.78 is 0. The molecule has 0 fully saturated rings. The van der Waals surface area contributed by atoms with Gasteiger partial charge in [-0.25, -0.2) is 0 Å². The van der Waals surface area contributed by atoms with Gasteiger partial charge < -0.3 is 9.90 Å². The zero-order valence-electron chi connectivity index (χ0n) is 10.8. The van der Waals surface area contributed by atoms with Gasteiger partial charge in [0.1, 0.15) is 0 Å². The van der Waals surface area contributed by atoms with Gasteiger partial charge in [0.2, 0.25) is 0 Å². The number of rotatable bonds is 4. The van der Waals surface area contributed by atoms with E-state index in [-0.39, 0.29) is 23.5 Å². The van der Waals surface area contributed by atoms with E-state index in [1.807, 2.05) is 0 Å². The smallest absolute Gasteiger partial charge is 0.269 e. The summed E-state index contributed by atoms with van der Waals surface area (Å²) in [6.07, 6.45) is 0.711. The number of allylic oxidation sites excluding steroid dienone is 1. The number of carboxylic acids is 1. The van der Waals surface area contributed by atoms with Crippen molar-refractivity contribution in [3.63, 3.8) is 0 Å². The van der Waals surface area contributed by atoms with Gasteiger partial charge in [0.05, 0.1) is 4.92 Å². The van der Waals surface area contributed by atoms with Crippen LogP contribution in [-0.4, -0.2) is 16.7 Å². The molecule has 0 saturated carbocycles. The van der Waals surface area contributed by atoms with Gasteiger partial charge in [0.15, 0.2) is 5.78 Å². The number of aliphatic carboxylic acids is 1. The van der Waals surface area contributed by atoms with Gasteiger partial charge in [-0.05, 0) is 29.7 Å². The lowest BCUT2D eigenvalue weighted by Crippen LogP contribution is -2.32. The van der Waals surface area contributed by atoms with E-state index in [1.165, 1.54) is 31.2 Å². The Hall–Kier alpha value is -2.50. The highest BCUT2D eigenvalue weighted by molar-refractivity contribution is 6.10. The fourth-order valence-electron chi connectivity index (χ4n) is 2.38. The van der Waals surface area contributed by atoms with Crippen molar-refractivity contribution < 1.29 is 19.6 Å². The molecule has 1 aromatic carbocycles. The van der Waals surface area contributed by atoms with Crippen LogP contribution in [0, 0.1) is 16.0 Å². The van der Waals surface area contributed by atoms with Crippen LogP contribution in [0.15, 0.2) is 29.8 Å². The summed E-state index contributed by atoms with van der Waals surface area (Å²) in [5.74, 6) is -2.47. The molecule has 0 aliphatic heterocycles. The van der Waals surface area contributed by atoms with Gasteiger partial charge in [-0.3, -0.25) is 14.9 Å². The van der Waals surface area contributed by atoms with Gasteiger partial charge in [0.25, 0.3) is 5.69 Å². The number of carbonyl (C=O) groups is 2. The van der Waals surface area contributed by atoms with E-state index in [1.54, 1.807) is 0 Å². The molecule has 0 saturated heterocycles. The number of hydrogen-bond donors (Lipinski definition) is 0. The molecular formula is C14H12NO5-. The second kappa shape index (κ2) is 5.24. The fourth-order valence-corrected chi connectivity index (χ4v) is 2.38. The molecule has 0 amide bonds. The first kappa shape index (κ1) is 13.9. The highest BCUT2D eigenvalue weighted by atomic mass is 16.6. The van der Waals surface area contributed by atoms with Crippen molar-refractivity contribution >= 4 is 23.0 Å². The summed E-state index contributed by atoms with van der Waals surface area (Å²) in [4.78, 5) is 32.9. The Morgan fingerprint density at radius 2 is 1.85 bits per heavy atom. The molecule has 104 valence electrons. The second-order valence-corrected chi connectivity index (χ2v) is 4.66. The molecule has 0 heterocycles. The Bertz CT molecular complexity index is 615. The number of nitro groups is 1. The Balaban J connectivity index is 2.45. The third kappa shape index (κ3) is 2.45. The number of hydrogen-bond acceptors (Lipinski definition) is 5. The highest BCUT2D eigenvalue weighted by Gasteiger charge is 2.28. The Morgan fingerprint density at radius 1 is 1.25 bits per heavy atom. The quantitative estimate of drug-likeness (QED) is 0.604. The third-order valence-electron chi connectivity index (χ3n) is 3.44. The van der Waals surface area contributed by atoms with Crippen molar-refractivity contribution in [3.8, 4) is 0 Å². The lowest BCUT2D eigenvalue weighted by molar-refractivity contribution is -0.384. The Kier molecular flexibility index (Phi) is 3.65. The molecule has 1 unspecified atom stereocenters. The fraction of sp³-hybridized carbons (Fsp3) is 0.286. The summed E-state index contributed by atoms with van der Waals surface area (Å²) in [5, 5.41) is 21.6. The Labute approximate surface area is 114 Å². The van der Waals surface area contributed by atoms with Crippen LogP contribution in [0.4, 0.5) is 5.69 Å². The first-order chi connectivity index (χ1) is 9.41. The molecule has 0 radical (unpaired) electrons. The molecule has 1 aliphatic rings. The molecule has 1 aliphatic carbocycles. The second-order valence-electron chi connectivity index (χ2n) is 4.66. The predicted octanol–water partition coefficient (Wildman–Crippen LogP) is 1.10. The largest absolute Gasteiger partial charge is 0.550 e. The summed E-state index contributed by atoms with van der Waals surface area (Å²) in [6.45, 7) is 1.42. The van der Waals surface area contributed by atoms with E-state index in [9.17, 15) is 24.8 Å². The van der Waals surface area contributed by atoms with E-state index in [2.05, 4.69) is 0 Å². The van der Waals surface area contributed by atoms with Crippen molar-refractivity contribution in [3.05, 3.63) is 45.5 Å². The summed E-state index contributed by atoms with van der Waals surface area (Å²) >= 11 is 0. The molecule has 0 N–H and O–H groups in total. The third-order valence-corrected chi connectivity index (χ3v) is 3.44. The van der Waals surface area contributed by atoms with Crippen LogP contribution in [0.3, 0.4) is 0 Å². The minimum atomic E-state index is -1.30. The molecule has 20 heavy (non-hydrogen) atoms.